The Morgan fingerprint density at radius 3 is 1.52 bits per heavy atom. The molecule has 63 heavy (non-hydrogen) atoms. The van der Waals surface area contributed by atoms with Gasteiger partial charge in [-0.2, -0.15) is 0 Å². The molecule has 0 atom stereocenters. The van der Waals surface area contributed by atoms with Crippen molar-refractivity contribution in [2.75, 3.05) is 0 Å². The van der Waals surface area contributed by atoms with E-state index in [2.05, 4.69) is 206 Å². The summed E-state index contributed by atoms with van der Waals surface area (Å²) in [6, 6.07) is 73.9. The Morgan fingerprint density at radius 1 is 0.302 bits per heavy atom. The second-order valence-corrected chi connectivity index (χ2v) is 16.9. The molecule has 2 nitrogen and oxygen atoms in total. The number of pyridine rings is 2. The molecule has 0 bridgehead atoms. The maximum atomic E-state index is 4.90. The van der Waals surface area contributed by atoms with Gasteiger partial charge < -0.3 is 0 Å². The second-order valence-electron chi connectivity index (χ2n) is 16.9. The van der Waals surface area contributed by atoms with Crippen LogP contribution in [0.3, 0.4) is 0 Å². The van der Waals surface area contributed by atoms with Gasteiger partial charge in [0.25, 0.3) is 0 Å². The van der Waals surface area contributed by atoms with Gasteiger partial charge in [0.05, 0.1) is 11.0 Å². The van der Waals surface area contributed by atoms with Crippen molar-refractivity contribution in [1.82, 2.24) is 9.97 Å². The summed E-state index contributed by atoms with van der Waals surface area (Å²) in [7, 11) is 0. The zero-order chi connectivity index (χ0) is 41.6. The van der Waals surface area contributed by atoms with Crippen molar-refractivity contribution < 1.29 is 0 Å². The molecule has 13 aromatic rings. The lowest BCUT2D eigenvalue weighted by atomic mass is 9.84. The molecule has 0 amide bonds. The number of benzene rings is 11. The van der Waals surface area contributed by atoms with Crippen molar-refractivity contribution in [2.24, 2.45) is 0 Å². The van der Waals surface area contributed by atoms with Crippen LogP contribution in [-0.2, 0) is 0 Å². The van der Waals surface area contributed by atoms with Crippen LogP contribution in [0.15, 0.2) is 213 Å². The molecule has 0 fully saturated rings. The van der Waals surface area contributed by atoms with Crippen LogP contribution in [0, 0.1) is 6.92 Å². The van der Waals surface area contributed by atoms with E-state index in [1.807, 2.05) is 18.5 Å². The van der Waals surface area contributed by atoms with Crippen molar-refractivity contribution >= 4 is 86.4 Å². The summed E-state index contributed by atoms with van der Waals surface area (Å²) >= 11 is 0. The standard InChI is InChI=1S/C61H38N2/c1-37-10-6-11-39-25-26-41-13-8-20-54(59(41)55(37)39)53-19-7-12-40-27-29-44-34-45(31-32-48(44)56(40)53)58-51-17-4-2-15-49(51)57(50-16-3-5-18-52(50)58)42-23-21-38(22-24-42)47-35-46-30-28-43-14-9-33-62-60(43)61(46)63-36-47/h2-36H,1H3. The summed E-state index contributed by atoms with van der Waals surface area (Å²) in [4.78, 5) is 9.52. The average molecular weight is 799 g/mol. The highest BCUT2D eigenvalue weighted by Crippen LogP contribution is 2.46. The first kappa shape index (κ1) is 35.5. The van der Waals surface area contributed by atoms with Crippen LogP contribution in [0.5, 0.6) is 0 Å². The molecule has 0 aliphatic heterocycles. The molecule has 2 heteroatoms. The zero-order valence-electron chi connectivity index (χ0n) is 34.6. The highest BCUT2D eigenvalue weighted by Gasteiger charge is 2.19. The SMILES string of the molecule is Cc1cccc2ccc3cccc(-c4cccc5ccc6cc(-c7c8ccccc8c(-c8ccc(-c9cnc%10c(ccc%11cccnc%11%10)c9)cc8)c8ccccc78)ccc6c45)c3c12. The Labute approximate surface area is 364 Å². The van der Waals surface area contributed by atoms with Crippen molar-refractivity contribution in [3.63, 3.8) is 0 Å². The fraction of sp³-hybridized carbons (Fsp3) is 0.0164. The molecule has 2 aromatic heterocycles. The first-order valence-electron chi connectivity index (χ1n) is 21.7. The highest BCUT2D eigenvalue weighted by atomic mass is 14.7. The molecular formula is C61H38N2. The minimum absolute atomic E-state index is 0.931. The third kappa shape index (κ3) is 5.51. The number of rotatable bonds is 4. The Bertz CT molecular complexity index is 3970. The van der Waals surface area contributed by atoms with Crippen LogP contribution in [0.2, 0.25) is 0 Å². The van der Waals surface area contributed by atoms with Gasteiger partial charge in [0.2, 0.25) is 0 Å². The summed E-state index contributed by atoms with van der Waals surface area (Å²) in [5, 5.41) is 17.4. The number of aromatic nitrogens is 2. The van der Waals surface area contributed by atoms with E-state index in [0.717, 1.165) is 32.9 Å². The van der Waals surface area contributed by atoms with Crippen molar-refractivity contribution in [1.29, 1.82) is 0 Å². The molecule has 11 aromatic carbocycles. The average Bonchev–Trinajstić information content (AvgIpc) is 3.34. The molecule has 2 heterocycles. The van der Waals surface area contributed by atoms with Gasteiger partial charge in [-0.1, -0.05) is 182 Å². The number of hydrogen-bond acceptors (Lipinski definition) is 2. The van der Waals surface area contributed by atoms with Crippen molar-refractivity contribution in [3.8, 4) is 44.5 Å². The van der Waals surface area contributed by atoms with Gasteiger partial charge >= 0.3 is 0 Å². The molecule has 0 saturated carbocycles. The van der Waals surface area contributed by atoms with Gasteiger partial charge in [0.15, 0.2) is 0 Å². The summed E-state index contributed by atoms with van der Waals surface area (Å²) in [6.45, 7) is 2.24. The monoisotopic (exact) mass is 798 g/mol. The molecule has 0 unspecified atom stereocenters. The first-order chi connectivity index (χ1) is 31.2. The Balaban J connectivity index is 0.960. The summed E-state index contributed by atoms with van der Waals surface area (Å²) in [5.74, 6) is 0. The number of aryl methyl sites for hydroxylation is 1. The summed E-state index contributed by atoms with van der Waals surface area (Å²) in [6.07, 6.45) is 3.81. The van der Waals surface area contributed by atoms with E-state index < -0.39 is 0 Å². The largest absolute Gasteiger partial charge is 0.254 e. The molecule has 13 rings (SSSR count). The van der Waals surface area contributed by atoms with Crippen LogP contribution in [-0.4, -0.2) is 9.97 Å². The third-order valence-corrected chi connectivity index (χ3v) is 13.4. The van der Waals surface area contributed by atoms with Gasteiger partial charge in [-0.15, -0.1) is 0 Å². The van der Waals surface area contributed by atoms with Crippen LogP contribution in [0.1, 0.15) is 5.56 Å². The van der Waals surface area contributed by atoms with Gasteiger partial charge in [-0.05, 0) is 134 Å². The number of nitrogens with zero attached hydrogens (tertiary/aromatic N) is 2. The lowest BCUT2D eigenvalue weighted by molar-refractivity contribution is 1.37. The normalized spacial score (nSPS) is 11.9. The fourth-order valence-electron chi connectivity index (χ4n) is 10.5. The first-order valence-corrected chi connectivity index (χ1v) is 21.7. The molecule has 0 aliphatic carbocycles. The molecule has 0 aliphatic rings. The van der Waals surface area contributed by atoms with Crippen LogP contribution in [0.25, 0.3) is 131 Å². The van der Waals surface area contributed by atoms with E-state index in [9.17, 15) is 0 Å². The maximum Gasteiger partial charge on any atom is 0.0964 e. The van der Waals surface area contributed by atoms with Crippen LogP contribution in [0.4, 0.5) is 0 Å². The summed E-state index contributed by atoms with van der Waals surface area (Å²) < 4.78 is 0. The quantitative estimate of drug-likeness (QED) is 0.131. The minimum atomic E-state index is 0.931. The molecule has 0 saturated heterocycles. The molecule has 292 valence electrons. The molecular weight excluding hydrogens is 761 g/mol. The lowest BCUT2D eigenvalue weighted by Gasteiger charge is -2.19. The summed E-state index contributed by atoms with van der Waals surface area (Å²) in [5.41, 5.74) is 12.8. The van der Waals surface area contributed by atoms with E-state index in [-0.39, 0.29) is 0 Å². The smallest absolute Gasteiger partial charge is 0.0964 e. The van der Waals surface area contributed by atoms with E-state index >= 15 is 0 Å². The van der Waals surface area contributed by atoms with Crippen molar-refractivity contribution in [2.45, 2.75) is 6.92 Å². The van der Waals surface area contributed by atoms with E-state index in [4.69, 9.17) is 4.98 Å². The Kier molecular flexibility index (Phi) is 7.85. The maximum absolute atomic E-state index is 4.90. The van der Waals surface area contributed by atoms with E-state index in [1.54, 1.807) is 0 Å². The third-order valence-electron chi connectivity index (χ3n) is 13.4. The molecule has 0 radical (unpaired) electrons. The van der Waals surface area contributed by atoms with Crippen LogP contribution >= 0.6 is 0 Å². The second kappa shape index (κ2) is 13.9. The minimum Gasteiger partial charge on any atom is -0.254 e. The zero-order valence-corrected chi connectivity index (χ0v) is 34.6. The molecule has 0 N–H and O–H groups in total. The van der Waals surface area contributed by atoms with Gasteiger partial charge in [-0.3, -0.25) is 9.97 Å². The van der Waals surface area contributed by atoms with E-state index in [0.29, 0.717) is 0 Å². The number of fused-ring (bicyclic) bond motifs is 11. The molecule has 0 spiro atoms. The van der Waals surface area contributed by atoms with E-state index in [1.165, 1.54) is 104 Å². The lowest BCUT2D eigenvalue weighted by Crippen LogP contribution is -1.92. The van der Waals surface area contributed by atoms with Crippen LogP contribution < -0.4 is 0 Å². The van der Waals surface area contributed by atoms with Gasteiger partial charge in [0.1, 0.15) is 0 Å². The Hall–Kier alpha value is -8.20. The predicted octanol–water partition coefficient (Wildman–Crippen LogP) is 16.7. The fourth-order valence-corrected chi connectivity index (χ4v) is 10.5. The predicted molar refractivity (Wildman–Crippen MR) is 269 cm³/mol. The Morgan fingerprint density at radius 2 is 0.810 bits per heavy atom. The highest BCUT2D eigenvalue weighted by molar-refractivity contribution is 6.24. The van der Waals surface area contributed by atoms with Crippen molar-refractivity contribution in [3.05, 3.63) is 218 Å². The topological polar surface area (TPSA) is 25.8 Å². The van der Waals surface area contributed by atoms with Gasteiger partial charge in [-0.25, -0.2) is 0 Å². The van der Waals surface area contributed by atoms with Gasteiger partial charge in [0, 0.05) is 28.7 Å². The number of hydrogen-bond donors (Lipinski definition) is 0.